The lowest BCUT2D eigenvalue weighted by molar-refractivity contribution is 0.648. The van der Waals surface area contributed by atoms with Crippen LogP contribution in [-0.2, 0) is 0 Å². The molecule has 3 heteroatoms. The van der Waals surface area contributed by atoms with Crippen LogP contribution < -0.4 is 5.06 Å². The molecule has 0 saturated carbocycles. The van der Waals surface area contributed by atoms with Crippen LogP contribution in [0.1, 0.15) is 25.3 Å². The molecule has 1 aromatic rings. The molecular weight excluding hydrogens is 188 g/mol. The maximum Gasteiger partial charge on any atom is 0.279 e. The largest absolute Gasteiger partial charge is 0.575 e. The van der Waals surface area contributed by atoms with Gasteiger partial charge in [0.05, 0.1) is 5.56 Å². The molecular formula is C12H17N2O. The highest BCUT2D eigenvalue weighted by Gasteiger charge is 2.15. The van der Waals surface area contributed by atoms with Gasteiger partial charge in [0.15, 0.2) is 0 Å². The standard InChI is InChI=1S/C12H17N2O/c1-3-4-10-14(15)12(13-2)11-8-6-5-7-9-11/h5-9H,3-4,10H2,1-2H3. The highest BCUT2D eigenvalue weighted by Crippen LogP contribution is 2.04. The van der Waals surface area contributed by atoms with Gasteiger partial charge in [0.1, 0.15) is 6.54 Å². The molecule has 0 aliphatic rings. The molecule has 0 aliphatic carbocycles. The predicted octanol–water partition coefficient (Wildman–Crippen LogP) is 2.50. The quantitative estimate of drug-likeness (QED) is 0.322. The number of amidine groups is 1. The molecule has 0 saturated heterocycles. The first-order chi connectivity index (χ1) is 7.29. The predicted molar refractivity (Wildman–Crippen MR) is 64.2 cm³/mol. The maximum absolute atomic E-state index is 11.7. The van der Waals surface area contributed by atoms with Crippen molar-refractivity contribution in [2.45, 2.75) is 19.8 Å². The van der Waals surface area contributed by atoms with E-state index in [1.54, 1.807) is 7.05 Å². The van der Waals surface area contributed by atoms with Crippen molar-refractivity contribution in [3.05, 3.63) is 41.1 Å². The van der Waals surface area contributed by atoms with Gasteiger partial charge in [0.2, 0.25) is 0 Å². The summed E-state index contributed by atoms with van der Waals surface area (Å²) in [7, 11) is 1.65. The van der Waals surface area contributed by atoms with Crippen LogP contribution in [0.5, 0.6) is 0 Å². The molecule has 0 atom stereocenters. The first-order valence-corrected chi connectivity index (χ1v) is 5.26. The van der Waals surface area contributed by atoms with Crippen molar-refractivity contribution in [3.63, 3.8) is 0 Å². The Morgan fingerprint density at radius 3 is 2.53 bits per heavy atom. The van der Waals surface area contributed by atoms with Crippen molar-refractivity contribution in [1.29, 1.82) is 0 Å². The highest BCUT2D eigenvalue weighted by atomic mass is 16.5. The topological polar surface area (TPSA) is 41.3 Å². The van der Waals surface area contributed by atoms with Crippen LogP contribution in [0.25, 0.3) is 0 Å². The minimum Gasteiger partial charge on any atom is -0.575 e. The maximum atomic E-state index is 11.7. The molecule has 0 heterocycles. The van der Waals surface area contributed by atoms with E-state index in [0.717, 1.165) is 23.5 Å². The molecule has 0 aromatic heterocycles. The van der Waals surface area contributed by atoms with E-state index >= 15 is 0 Å². The van der Waals surface area contributed by atoms with Crippen molar-refractivity contribution in [1.82, 2.24) is 5.06 Å². The second kappa shape index (κ2) is 6.32. The number of benzene rings is 1. The van der Waals surface area contributed by atoms with Gasteiger partial charge < -0.3 is 5.21 Å². The monoisotopic (exact) mass is 205 g/mol. The molecule has 3 nitrogen and oxygen atoms in total. The van der Waals surface area contributed by atoms with E-state index in [2.05, 4.69) is 11.9 Å². The number of rotatable bonds is 4. The minimum absolute atomic E-state index is 0.512. The van der Waals surface area contributed by atoms with Crippen molar-refractivity contribution in [2.24, 2.45) is 4.99 Å². The Kier molecular flexibility index (Phi) is 5.01. The van der Waals surface area contributed by atoms with Crippen LogP contribution in [0, 0.1) is 5.21 Å². The Labute approximate surface area is 91.0 Å². The van der Waals surface area contributed by atoms with Gasteiger partial charge in [-0.2, -0.15) is 0 Å². The van der Waals surface area contributed by atoms with Crippen LogP contribution >= 0.6 is 0 Å². The van der Waals surface area contributed by atoms with Gasteiger partial charge in [-0.1, -0.05) is 31.5 Å². The van der Waals surface area contributed by atoms with E-state index in [9.17, 15) is 5.21 Å². The summed E-state index contributed by atoms with van der Waals surface area (Å²) in [6, 6.07) is 9.55. The number of aliphatic imine (C=N–C) groups is 1. The molecule has 0 bridgehead atoms. The molecule has 0 aliphatic heterocycles. The summed E-state index contributed by atoms with van der Waals surface area (Å²) >= 11 is 0. The smallest absolute Gasteiger partial charge is 0.279 e. The van der Waals surface area contributed by atoms with Gasteiger partial charge in [0.25, 0.3) is 5.84 Å². The molecule has 1 aromatic carbocycles. The molecule has 0 spiro atoms. The third kappa shape index (κ3) is 3.46. The van der Waals surface area contributed by atoms with Crippen LogP contribution in [0.4, 0.5) is 0 Å². The molecule has 1 radical (unpaired) electrons. The summed E-state index contributed by atoms with van der Waals surface area (Å²) in [5, 5.41) is 12.7. The second-order valence-corrected chi connectivity index (χ2v) is 3.37. The van der Waals surface area contributed by atoms with Gasteiger partial charge in [0, 0.05) is 13.5 Å². The van der Waals surface area contributed by atoms with E-state index in [1.165, 1.54) is 0 Å². The van der Waals surface area contributed by atoms with Crippen molar-refractivity contribution < 1.29 is 0 Å². The zero-order chi connectivity index (χ0) is 11.1. The first-order valence-electron chi connectivity index (χ1n) is 5.26. The Hall–Kier alpha value is -1.19. The van der Waals surface area contributed by atoms with E-state index < -0.39 is 0 Å². The van der Waals surface area contributed by atoms with Crippen molar-refractivity contribution >= 4 is 5.84 Å². The average Bonchev–Trinajstić information content (AvgIpc) is 2.29. The summed E-state index contributed by atoms with van der Waals surface area (Å²) in [6.45, 7) is 2.58. The summed E-state index contributed by atoms with van der Waals surface area (Å²) in [5.41, 5.74) is 0.881. The van der Waals surface area contributed by atoms with Crippen LogP contribution in [0.3, 0.4) is 0 Å². The second-order valence-electron chi connectivity index (χ2n) is 3.37. The lowest BCUT2D eigenvalue weighted by atomic mass is 10.2. The van der Waals surface area contributed by atoms with Crippen molar-refractivity contribution in [3.8, 4) is 0 Å². The van der Waals surface area contributed by atoms with E-state index in [0.29, 0.717) is 12.4 Å². The molecule has 1 rings (SSSR count). The Bertz CT molecular complexity index is 309. The molecule has 81 valence electrons. The van der Waals surface area contributed by atoms with Gasteiger partial charge in [-0.25, -0.2) is 4.99 Å². The highest BCUT2D eigenvalue weighted by molar-refractivity contribution is 6.00. The Balaban J connectivity index is 2.73. The lowest BCUT2D eigenvalue weighted by Gasteiger charge is -2.14. The van der Waals surface area contributed by atoms with Crippen LogP contribution in [-0.4, -0.2) is 19.4 Å². The number of hydroxylamine groups is 2. The van der Waals surface area contributed by atoms with Gasteiger partial charge in [-0.05, 0) is 12.1 Å². The zero-order valence-electron chi connectivity index (χ0n) is 9.31. The fourth-order valence-electron chi connectivity index (χ4n) is 1.38. The molecule has 0 N–H and O–H groups in total. The first kappa shape index (κ1) is 11.9. The summed E-state index contributed by atoms with van der Waals surface area (Å²) in [4.78, 5) is 4.04. The zero-order valence-corrected chi connectivity index (χ0v) is 9.31. The molecule has 0 fully saturated rings. The minimum atomic E-state index is 0.512. The fourth-order valence-corrected chi connectivity index (χ4v) is 1.38. The van der Waals surface area contributed by atoms with E-state index in [-0.39, 0.29) is 0 Å². The third-order valence-corrected chi connectivity index (χ3v) is 2.19. The van der Waals surface area contributed by atoms with Gasteiger partial charge >= 0.3 is 0 Å². The number of hydrogen-bond acceptors (Lipinski definition) is 2. The molecule has 15 heavy (non-hydrogen) atoms. The Morgan fingerprint density at radius 1 is 1.33 bits per heavy atom. The number of hydrogen-bond donors (Lipinski definition) is 0. The summed E-state index contributed by atoms with van der Waals surface area (Å²) in [5.74, 6) is 0.518. The van der Waals surface area contributed by atoms with Gasteiger partial charge in [-0.15, -0.1) is 5.06 Å². The lowest BCUT2D eigenvalue weighted by Crippen LogP contribution is -2.32. The number of nitrogens with zero attached hydrogens (tertiary/aromatic N) is 2. The van der Waals surface area contributed by atoms with Gasteiger partial charge in [-0.3, -0.25) is 0 Å². The van der Waals surface area contributed by atoms with E-state index in [1.807, 2.05) is 30.3 Å². The third-order valence-electron chi connectivity index (χ3n) is 2.19. The summed E-state index contributed by atoms with van der Waals surface area (Å²) in [6.07, 6.45) is 1.92. The normalized spacial score (nSPS) is 12.1. The average molecular weight is 205 g/mol. The van der Waals surface area contributed by atoms with Crippen LogP contribution in [0.2, 0.25) is 0 Å². The van der Waals surface area contributed by atoms with Crippen molar-refractivity contribution in [2.75, 3.05) is 13.6 Å². The Morgan fingerprint density at radius 2 is 2.00 bits per heavy atom. The molecule has 0 unspecified atom stereocenters. The van der Waals surface area contributed by atoms with E-state index in [4.69, 9.17) is 0 Å². The fraction of sp³-hybridized carbons (Fsp3) is 0.417. The van der Waals surface area contributed by atoms with Crippen LogP contribution in [0.15, 0.2) is 35.3 Å². The number of unbranched alkanes of at least 4 members (excludes halogenated alkanes) is 1. The molecule has 0 amide bonds. The SMILES string of the molecule is CCCC[N+]([O-])C(=NC)c1ccccc1. The summed E-state index contributed by atoms with van der Waals surface area (Å²) < 4.78 is 0.